The van der Waals surface area contributed by atoms with Crippen LogP contribution in [-0.4, -0.2) is 20.1 Å². The van der Waals surface area contributed by atoms with Gasteiger partial charge in [-0.15, -0.1) is 0 Å². The number of amides is 1. The highest BCUT2D eigenvalue weighted by Crippen LogP contribution is 2.26. The van der Waals surface area contributed by atoms with Crippen LogP contribution in [0, 0.1) is 6.92 Å². The third-order valence-corrected chi connectivity index (χ3v) is 4.64. The molecule has 0 bridgehead atoms. The van der Waals surface area contributed by atoms with Crippen molar-refractivity contribution in [2.24, 2.45) is 0 Å². The van der Waals surface area contributed by atoms with E-state index < -0.39 is 0 Å². The lowest BCUT2D eigenvalue weighted by molar-refractivity contribution is -0.118. The summed E-state index contributed by atoms with van der Waals surface area (Å²) >= 11 is 0. The van der Waals surface area contributed by atoms with Crippen molar-refractivity contribution in [2.45, 2.75) is 26.3 Å². The molecule has 0 radical (unpaired) electrons. The van der Waals surface area contributed by atoms with Crippen molar-refractivity contribution >= 4 is 11.6 Å². The molecule has 2 aromatic carbocycles. The molecule has 1 amide bonds. The number of rotatable bonds is 8. The number of nitrogens with zero attached hydrogens (tertiary/aromatic N) is 1. The van der Waals surface area contributed by atoms with E-state index in [1.54, 1.807) is 25.4 Å². The molecule has 0 N–H and O–H groups in total. The summed E-state index contributed by atoms with van der Waals surface area (Å²) in [5.41, 5.74) is 2.94. The molecular formula is C23H25NO4. The summed E-state index contributed by atoms with van der Waals surface area (Å²) in [6, 6.07) is 17.2. The molecule has 28 heavy (non-hydrogen) atoms. The SMILES string of the molecule is COc1ccc(OC)c(CCC(=O)N(Cc2ccco2)c2ccc(C)cc2)c1. The maximum absolute atomic E-state index is 13.1. The third kappa shape index (κ3) is 4.74. The van der Waals surface area contributed by atoms with E-state index in [0.717, 1.165) is 34.1 Å². The third-order valence-electron chi connectivity index (χ3n) is 4.64. The zero-order chi connectivity index (χ0) is 19.9. The standard InChI is InChI=1S/C23H25NO4/c1-17-6-9-19(10-7-17)24(16-21-5-4-14-28-21)23(25)13-8-18-15-20(26-2)11-12-22(18)27-3/h4-7,9-12,14-15H,8,13,16H2,1-3H3. The minimum Gasteiger partial charge on any atom is -0.497 e. The Kier molecular flexibility index (Phi) is 6.37. The first-order chi connectivity index (χ1) is 13.6. The normalized spacial score (nSPS) is 10.5. The fraction of sp³-hybridized carbons (Fsp3) is 0.261. The van der Waals surface area contributed by atoms with Crippen LogP contribution >= 0.6 is 0 Å². The molecule has 0 aliphatic heterocycles. The van der Waals surface area contributed by atoms with Crippen molar-refractivity contribution in [3.63, 3.8) is 0 Å². The molecule has 0 aliphatic rings. The first-order valence-corrected chi connectivity index (χ1v) is 9.21. The zero-order valence-corrected chi connectivity index (χ0v) is 16.5. The van der Waals surface area contributed by atoms with Gasteiger partial charge in [0, 0.05) is 12.1 Å². The highest BCUT2D eigenvalue weighted by molar-refractivity contribution is 5.93. The lowest BCUT2D eigenvalue weighted by atomic mass is 10.1. The number of hydrogen-bond donors (Lipinski definition) is 0. The van der Waals surface area contributed by atoms with Crippen LogP contribution in [0.5, 0.6) is 11.5 Å². The molecule has 0 unspecified atom stereocenters. The maximum Gasteiger partial charge on any atom is 0.227 e. The van der Waals surface area contributed by atoms with Crippen molar-refractivity contribution in [3.05, 3.63) is 77.7 Å². The Morgan fingerprint density at radius 2 is 1.82 bits per heavy atom. The van der Waals surface area contributed by atoms with Crippen LogP contribution in [0.4, 0.5) is 5.69 Å². The van der Waals surface area contributed by atoms with Gasteiger partial charge in [-0.3, -0.25) is 4.79 Å². The molecule has 0 atom stereocenters. The van der Waals surface area contributed by atoms with Crippen LogP contribution in [0.1, 0.15) is 23.3 Å². The second-order valence-corrected chi connectivity index (χ2v) is 6.57. The number of hydrogen-bond acceptors (Lipinski definition) is 4. The Bertz CT molecular complexity index is 901. The Balaban J connectivity index is 1.78. The largest absolute Gasteiger partial charge is 0.497 e. The van der Waals surface area contributed by atoms with Gasteiger partial charge in [0.05, 0.1) is 27.0 Å². The van der Waals surface area contributed by atoms with E-state index in [9.17, 15) is 4.79 Å². The maximum atomic E-state index is 13.1. The van der Waals surface area contributed by atoms with Gasteiger partial charge < -0.3 is 18.8 Å². The molecular weight excluding hydrogens is 354 g/mol. The van der Waals surface area contributed by atoms with Crippen LogP contribution < -0.4 is 14.4 Å². The summed E-state index contributed by atoms with van der Waals surface area (Å²) in [4.78, 5) is 14.8. The number of aryl methyl sites for hydroxylation is 2. The van der Waals surface area contributed by atoms with Crippen LogP contribution in [-0.2, 0) is 17.8 Å². The van der Waals surface area contributed by atoms with E-state index in [1.165, 1.54) is 0 Å². The molecule has 0 fully saturated rings. The molecule has 3 aromatic rings. The van der Waals surface area contributed by atoms with Crippen LogP contribution in [0.2, 0.25) is 0 Å². The van der Waals surface area contributed by atoms with E-state index in [0.29, 0.717) is 19.4 Å². The zero-order valence-electron chi connectivity index (χ0n) is 16.5. The summed E-state index contributed by atoms with van der Waals surface area (Å²) in [6.07, 6.45) is 2.52. The number of carbonyl (C=O) groups is 1. The Morgan fingerprint density at radius 1 is 1.04 bits per heavy atom. The van der Waals surface area contributed by atoms with Gasteiger partial charge in [0.2, 0.25) is 5.91 Å². The van der Waals surface area contributed by atoms with Crippen molar-refractivity contribution in [2.75, 3.05) is 19.1 Å². The number of methoxy groups -OCH3 is 2. The molecule has 1 aromatic heterocycles. The van der Waals surface area contributed by atoms with Crippen LogP contribution in [0.3, 0.4) is 0 Å². The van der Waals surface area contributed by atoms with Crippen molar-refractivity contribution in [1.82, 2.24) is 0 Å². The van der Waals surface area contributed by atoms with E-state index >= 15 is 0 Å². The number of anilines is 1. The van der Waals surface area contributed by atoms with E-state index in [2.05, 4.69) is 0 Å². The topological polar surface area (TPSA) is 51.9 Å². The highest BCUT2D eigenvalue weighted by Gasteiger charge is 2.18. The average molecular weight is 379 g/mol. The summed E-state index contributed by atoms with van der Waals surface area (Å²) in [5.74, 6) is 2.26. The van der Waals surface area contributed by atoms with Gasteiger partial charge in [-0.05, 0) is 61.4 Å². The lowest BCUT2D eigenvalue weighted by Crippen LogP contribution is -2.30. The van der Waals surface area contributed by atoms with Gasteiger partial charge in [0.25, 0.3) is 0 Å². The molecule has 3 rings (SSSR count). The quantitative estimate of drug-likeness (QED) is 0.566. The second kappa shape index (κ2) is 9.13. The summed E-state index contributed by atoms with van der Waals surface area (Å²) in [5, 5.41) is 0. The van der Waals surface area contributed by atoms with E-state index in [4.69, 9.17) is 13.9 Å². The molecule has 0 aliphatic carbocycles. The molecule has 1 heterocycles. The van der Waals surface area contributed by atoms with Crippen molar-refractivity contribution in [1.29, 1.82) is 0 Å². The second-order valence-electron chi connectivity index (χ2n) is 6.57. The average Bonchev–Trinajstić information content (AvgIpc) is 3.24. The van der Waals surface area contributed by atoms with E-state index in [-0.39, 0.29) is 5.91 Å². The van der Waals surface area contributed by atoms with Gasteiger partial charge in [-0.25, -0.2) is 0 Å². The summed E-state index contributed by atoms with van der Waals surface area (Å²) in [6.45, 7) is 2.42. The monoisotopic (exact) mass is 379 g/mol. The Morgan fingerprint density at radius 3 is 2.46 bits per heavy atom. The Hall–Kier alpha value is -3.21. The van der Waals surface area contributed by atoms with Gasteiger partial charge in [-0.2, -0.15) is 0 Å². The first kappa shape index (κ1) is 19.5. The smallest absolute Gasteiger partial charge is 0.227 e. The molecule has 5 nitrogen and oxygen atoms in total. The number of carbonyl (C=O) groups excluding carboxylic acids is 1. The first-order valence-electron chi connectivity index (χ1n) is 9.21. The van der Waals surface area contributed by atoms with Gasteiger partial charge in [-0.1, -0.05) is 17.7 Å². The molecule has 5 heteroatoms. The predicted molar refractivity (Wildman–Crippen MR) is 109 cm³/mol. The van der Waals surface area contributed by atoms with Crippen LogP contribution in [0.15, 0.2) is 65.3 Å². The Labute approximate surface area is 165 Å². The molecule has 0 saturated carbocycles. The summed E-state index contributed by atoms with van der Waals surface area (Å²) < 4.78 is 16.2. The molecule has 146 valence electrons. The number of ether oxygens (including phenoxy) is 2. The van der Waals surface area contributed by atoms with Gasteiger partial charge >= 0.3 is 0 Å². The predicted octanol–water partition coefficient (Wildman–Crippen LogP) is 4.77. The number of benzene rings is 2. The fourth-order valence-electron chi connectivity index (χ4n) is 3.06. The fourth-order valence-corrected chi connectivity index (χ4v) is 3.06. The minimum atomic E-state index is 0.0186. The van der Waals surface area contributed by atoms with E-state index in [1.807, 2.05) is 61.5 Å². The van der Waals surface area contributed by atoms with Gasteiger partial charge in [0.1, 0.15) is 17.3 Å². The minimum absolute atomic E-state index is 0.0186. The highest BCUT2D eigenvalue weighted by atomic mass is 16.5. The lowest BCUT2D eigenvalue weighted by Gasteiger charge is -2.22. The molecule has 0 saturated heterocycles. The molecule has 0 spiro atoms. The van der Waals surface area contributed by atoms with Crippen molar-refractivity contribution < 1.29 is 18.7 Å². The van der Waals surface area contributed by atoms with Crippen molar-refractivity contribution in [3.8, 4) is 11.5 Å². The van der Waals surface area contributed by atoms with Gasteiger partial charge in [0.15, 0.2) is 0 Å². The number of furan rings is 1. The summed E-state index contributed by atoms with van der Waals surface area (Å²) in [7, 11) is 3.25. The van der Waals surface area contributed by atoms with Crippen LogP contribution in [0.25, 0.3) is 0 Å².